The summed E-state index contributed by atoms with van der Waals surface area (Å²) in [6, 6.07) is 7.75. The number of ether oxygens (including phenoxy) is 29. The van der Waals surface area contributed by atoms with Gasteiger partial charge in [-0.3, -0.25) is 0 Å². The maximum atomic E-state index is 11.4. The number of aliphatic hydroxyl groups is 6. The molecule has 21 saturated heterocycles. The van der Waals surface area contributed by atoms with Crippen LogP contribution in [-0.4, -0.2) is 400 Å². The molecule has 0 amide bonds. The first-order valence-electron chi connectivity index (χ1n) is 35.0. The zero-order valence-electron chi connectivity index (χ0n) is 62.1. The largest absolute Gasteiger partial charge is 0.394 e. The van der Waals surface area contributed by atoms with E-state index in [1.54, 1.807) is 12.3 Å². The Balaban J connectivity index is 1.03. The number of rotatable bonds is 27. The van der Waals surface area contributed by atoms with Crippen LogP contribution in [0.5, 0.6) is 0 Å². The molecular weight excluding hydrogens is 1420 g/mol. The summed E-state index contributed by atoms with van der Waals surface area (Å²) in [5.41, 5.74) is 2.35. The van der Waals surface area contributed by atoms with Gasteiger partial charge in [-0.15, -0.1) is 5.10 Å². The summed E-state index contributed by atoms with van der Waals surface area (Å²) in [6.07, 6.45) is -40.5. The van der Waals surface area contributed by atoms with E-state index >= 15 is 0 Å². The van der Waals surface area contributed by atoms with Crippen molar-refractivity contribution < 1.29 is 168 Å². The molecule has 0 aliphatic carbocycles. The lowest BCUT2D eigenvalue weighted by Crippen LogP contribution is -2.69. The molecule has 21 fully saturated rings. The predicted octanol–water partition coefficient (Wildman–Crippen LogP) is -3.41. The quantitative estimate of drug-likeness (QED) is 0.0507. The van der Waals surface area contributed by atoms with Crippen LogP contribution < -0.4 is 0 Å². The van der Waals surface area contributed by atoms with Crippen molar-refractivity contribution in [2.24, 2.45) is 0 Å². The van der Waals surface area contributed by atoms with Gasteiger partial charge in [0.15, 0.2) is 44.0 Å². The Labute approximate surface area is 615 Å². The molecule has 0 radical (unpaired) electrons. The molecule has 21 aliphatic heterocycles. The van der Waals surface area contributed by atoms with Gasteiger partial charge < -0.3 is 168 Å². The van der Waals surface area contributed by atoms with Crippen LogP contribution in [0.1, 0.15) is 16.8 Å². The summed E-state index contributed by atoms with van der Waals surface area (Å²) >= 11 is 0. The number of nitrogens with zero attached hydrogens (tertiary/aromatic N) is 3. The van der Waals surface area contributed by atoms with Crippen LogP contribution in [0.25, 0.3) is 6.08 Å². The summed E-state index contributed by atoms with van der Waals surface area (Å²) in [5.74, 6) is 0. The van der Waals surface area contributed by atoms with Gasteiger partial charge >= 0.3 is 0 Å². The molecule has 23 rings (SSSR count). The van der Waals surface area contributed by atoms with Crippen molar-refractivity contribution in [3.05, 3.63) is 53.9 Å². The minimum atomic E-state index is -1.43. The van der Waals surface area contributed by atoms with Gasteiger partial charge in [0.05, 0.1) is 65.6 Å². The molecular formula is C68H109N3O35. The van der Waals surface area contributed by atoms with E-state index in [9.17, 15) is 30.6 Å². The second-order valence-electron chi connectivity index (χ2n) is 26.3. The third kappa shape index (κ3) is 18.0. The molecule has 2 aromatic rings. The second-order valence-corrected chi connectivity index (χ2v) is 26.3. The van der Waals surface area contributed by atoms with E-state index in [4.69, 9.17) is 137 Å². The zero-order chi connectivity index (χ0) is 76.0. The zero-order valence-corrected chi connectivity index (χ0v) is 62.1. The van der Waals surface area contributed by atoms with Crippen molar-refractivity contribution >= 4 is 6.08 Å². The Bertz CT molecular complexity index is 2870. The van der Waals surface area contributed by atoms with E-state index < -0.39 is 255 Å². The number of aliphatic hydroxyl groups excluding tert-OH is 6. The fourth-order valence-corrected chi connectivity index (χ4v) is 15.5. The smallest absolute Gasteiger partial charge is 0.187 e. The van der Waals surface area contributed by atoms with Crippen molar-refractivity contribution in [1.29, 1.82) is 0 Å². The van der Waals surface area contributed by atoms with Crippen LogP contribution in [0, 0.1) is 0 Å². The average Bonchev–Trinajstić information content (AvgIpc) is 0.795. The van der Waals surface area contributed by atoms with E-state index in [1.165, 1.54) is 104 Å². The van der Waals surface area contributed by atoms with Gasteiger partial charge in [-0.1, -0.05) is 42.1 Å². The van der Waals surface area contributed by atoms with Crippen molar-refractivity contribution in [3.63, 3.8) is 0 Å². The van der Waals surface area contributed by atoms with Gasteiger partial charge in [0.1, 0.15) is 177 Å². The summed E-state index contributed by atoms with van der Waals surface area (Å²) in [5, 5.41) is 76.6. The molecule has 1 aromatic heterocycles. The molecule has 0 unspecified atom stereocenters. The van der Waals surface area contributed by atoms with Gasteiger partial charge in [-0.2, -0.15) is 0 Å². The lowest BCUT2D eigenvalue weighted by molar-refractivity contribution is -0.402. The highest BCUT2D eigenvalue weighted by Gasteiger charge is 2.62. The van der Waals surface area contributed by atoms with Gasteiger partial charge in [-0.25, -0.2) is 4.68 Å². The van der Waals surface area contributed by atoms with E-state index in [-0.39, 0.29) is 19.8 Å². The van der Waals surface area contributed by atoms with Crippen molar-refractivity contribution in [1.82, 2.24) is 15.0 Å². The van der Waals surface area contributed by atoms with Gasteiger partial charge in [0.25, 0.3) is 0 Å². The summed E-state index contributed by atoms with van der Waals surface area (Å²) in [7, 11) is 19.5. The lowest BCUT2D eigenvalue weighted by atomic mass is 9.94. The van der Waals surface area contributed by atoms with Gasteiger partial charge in [0, 0.05) is 99.5 Å². The number of methoxy groups -OCH3 is 14. The van der Waals surface area contributed by atoms with Gasteiger partial charge in [-0.05, 0) is 11.1 Å². The lowest BCUT2D eigenvalue weighted by Gasteiger charge is -2.52. The fourth-order valence-electron chi connectivity index (χ4n) is 15.5. The average molecular weight is 1530 g/mol. The van der Waals surface area contributed by atoms with Crippen molar-refractivity contribution in [2.75, 3.05) is 139 Å². The molecule has 14 bridgehead atoms. The molecule has 0 spiro atoms. The first kappa shape index (κ1) is 85.1. The van der Waals surface area contributed by atoms with Crippen LogP contribution in [-0.2, 0) is 157 Å². The highest BCUT2D eigenvalue weighted by molar-refractivity contribution is 5.47. The minimum absolute atomic E-state index is 0.0756. The third-order valence-corrected chi connectivity index (χ3v) is 20.8. The van der Waals surface area contributed by atoms with Gasteiger partial charge in [0.2, 0.25) is 0 Å². The number of aromatic nitrogens is 3. The molecule has 38 heteroatoms. The monoisotopic (exact) mass is 1530 g/mol. The Morgan fingerprint density at radius 1 is 0.321 bits per heavy atom. The Morgan fingerprint density at radius 2 is 0.547 bits per heavy atom. The van der Waals surface area contributed by atoms with E-state index in [1.807, 2.05) is 24.3 Å². The van der Waals surface area contributed by atoms with Crippen molar-refractivity contribution in [3.8, 4) is 0 Å². The first-order chi connectivity index (χ1) is 51.6. The fraction of sp³-hybridized carbons (Fsp3) is 0.853. The predicted molar refractivity (Wildman–Crippen MR) is 353 cm³/mol. The number of benzene rings is 1. The normalized spacial score (nSPS) is 43.4. The maximum Gasteiger partial charge on any atom is 0.187 e. The first-order valence-corrected chi connectivity index (χ1v) is 35.0. The Morgan fingerprint density at radius 3 is 0.764 bits per heavy atom. The summed E-state index contributed by atoms with van der Waals surface area (Å²) in [4.78, 5) is 0. The number of hydrogen-bond donors (Lipinski definition) is 6. The van der Waals surface area contributed by atoms with Crippen molar-refractivity contribution in [2.45, 2.75) is 235 Å². The van der Waals surface area contributed by atoms with E-state index in [2.05, 4.69) is 16.9 Å². The molecule has 38 nitrogen and oxygen atoms in total. The van der Waals surface area contributed by atoms with Crippen LogP contribution >= 0.6 is 0 Å². The molecule has 606 valence electrons. The highest BCUT2D eigenvalue weighted by Crippen LogP contribution is 2.43. The second kappa shape index (κ2) is 40.4. The standard InChI is InChI=1S/C68H109N3O35/c1-16-31-17-19-32(20-18-31)29-92-30-33-21-71(70-69-33)22-34-41-48(78-2)55(85-9)62(93-34)101-42-35(23-72)95-64(57(87-11)49(42)79-3)103-44-37(25-74)97-66(59(89-13)51(44)81-5)105-46-39(27-76)99-68(61(91-15)53(46)83-7)106-47-40(28-77)98-67(60(90-14)54(47)84-8)104-45-38(26-75)96-65(58(88-12)52(45)82-6)102-43-36(24-73)94-63(100-41)56(86-10)50(43)80-4/h16-21,34-68,72-77H,1,22-30H2,2-15H3/t34-,35-,36-,37-,38-,39-,40-,41-,42-,43-,44-,45-,46-,47-,48+,49+,50+,51+,52+,53+,54+,55-,56-,57-,58-,59-,60-,61-,62-,63-,64-,65-,66-,67-,68-/m1/s1. The molecule has 22 heterocycles. The highest BCUT2D eigenvalue weighted by atomic mass is 16.8. The minimum Gasteiger partial charge on any atom is -0.394 e. The van der Waals surface area contributed by atoms with Crippen LogP contribution in [0.15, 0.2) is 37.0 Å². The Kier molecular flexibility index (Phi) is 32.5. The molecule has 35 atom stereocenters. The summed E-state index contributed by atoms with van der Waals surface area (Å²) in [6.45, 7) is -0.136. The topological polar surface area (TPSA) is 420 Å². The molecule has 6 N–H and O–H groups in total. The number of hydrogen-bond acceptors (Lipinski definition) is 37. The van der Waals surface area contributed by atoms with E-state index in [0.717, 1.165) is 11.1 Å². The maximum absolute atomic E-state index is 11.4. The van der Waals surface area contributed by atoms with E-state index in [0.29, 0.717) is 5.69 Å². The SMILES string of the molecule is C=Cc1ccc(COCc2cn(C[C@H]3O[C@@H]4O[C@H]5[C@H](OC)[C@@H](OC)[C@@H](O[C@H]6[C@H](OC)[C@@H](OC)[C@@H](O[C@H]7[C@H](OC)[C@@H](OC)[C@@H](O[C@H]8[C@H](OC)[C@@H](OC)[C@@H](O[C@H]9[C@H](OC)[C@@H](OC)[C@@H](O[C@H]%10[C@H](OC)[C@@H](OC)[C@@H](O[C@H]3[C@H](OC)[C@H]4OC)O[C@@H]%10CO)O[C@@H]9CO)O[C@@H]8CO)O[C@@H]7CO)O[C@@H]6CO)O[C@@H]5CO)nn2)cc1. The van der Waals surface area contributed by atoms with Crippen LogP contribution in [0.3, 0.4) is 0 Å². The molecule has 0 saturated carbocycles. The molecule has 1 aromatic carbocycles. The molecule has 21 aliphatic rings. The van der Waals surface area contributed by atoms with Crippen LogP contribution in [0.4, 0.5) is 0 Å². The third-order valence-electron chi connectivity index (χ3n) is 20.8. The van der Waals surface area contributed by atoms with Crippen LogP contribution in [0.2, 0.25) is 0 Å². The Hall–Kier alpha value is -3.30. The summed E-state index contributed by atoms with van der Waals surface area (Å²) < 4.78 is 188. The molecule has 106 heavy (non-hydrogen) atoms.